The summed E-state index contributed by atoms with van der Waals surface area (Å²) in [6.07, 6.45) is 0.890. The number of nitrogens with zero attached hydrogens (tertiary/aromatic N) is 3. The Balaban J connectivity index is 2.03. The lowest BCUT2D eigenvalue weighted by Gasteiger charge is -2.31. The molecule has 0 fully saturated rings. The Morgan fingerprint density at radius 3 is 2.90 bits per heavy atom. The van der Waals surface area contributed by atoms with Gasteiger partial charge in [-0.25, -0.2) is 4.98 Å². The topological polar surface area (TPSA) is 65.9 Å². The first-order valence-electron chi connectivity index (χ1n) is 7.09. The van der Waals surface area contributed by atoms with Gasteiger partial charge in [0.15, 0.2) is 0 Å². The normalized spacial score (nSPS) is 13.7. The highest BCUT2D eigenvalue weighted by atomic mass is 15.2. The van der Waals surface area contributed by atoms with E-state index in [1.807, 2.05) is 32.0 Å². The Hall–Kier alpha value is -2.54. The van der Waals surface area contributed by atoms with E-state index in [-0.39, 0.29) is 0 Å². The average molecular weight is 278 g/mol. The van der Waals surface area contributed by atoms with Crippen LogP contribution in [-0.2, 0) is 13.0 Å². The molecular weight excluding hydrogens is 260 g/mol. The minimum atomic E-state index is 0.674. The van der Waals surface area contributed by atoms with Gasteiger partial charge in [-0.3, -0.25) is 0 Å². The summed E-state index contributed by atoms with van der Waals surface area (Å²) in [6, 6.07) is 10.3. The van der Waals surface area contributed by atoms with Crippen molar-refractivity contribution in [1.29, 1.82) is 5.26 Å². The van der Waals surface area contributed by atoms with Gasteiger partial charge in [0.25, 0.3) is 0 Å². The lowest BCUT2D eigenvalue weighted by molar-refractivity contribution is 0.719. The second-order valence-corrected chi connectivity index (χ2v) is 5.55. The smallest absolute Gasteiger partial charge is 0.147 e. The number of anilines is 2. The third-order valence-electron chi connectivity index (χ3n) is 4.04. The van der Waals surface area contributed by atoms with E-state index in [4.69, 9.17) is 5.73 Å². The van der Waals surface area contributed by atoms with E-state index >= 15 is 0 Å². The summed E-state index contributed by atoms with van der Waals surface area (Å²) in [5.74, 6) is 0.795. The zero-order valence-corrected chi connectivity index (χ0v) is 12.3. The molecule has 0 aliphatic carbocycles. The highest BCUT2D eigenvalue weighted by Crippen LogP contribution is 2.29. The molecule has 0 unspecified atom stereocenters. The van der Waals surface area contributed by atoms with Gasteiger partial charge in [-0.1, -0.05) is 12.1 Å². The van der Waals surface area contributed by atoms with E-state index in [9.17, 15) is 5.26 Å². The summed E-state index contributed by atoms with van der Waals surface area (Å²) in [5, 5.41) is 9.42. The largest absolute Gasteiger partial charge is 0.398 e. The van der Waals surface area contributed by atoms with E-state index < -0.39 is 0 Å². The SMILES string of the molecule is Cc1cc(C)c(C#N)c(N2CCc3c(N)cccc3C2)n1. The fourth-order valence-corrected chi connectivity index (χ4v) is 3.00. The minimum absolute atomic E-state index is 0.674. The molecule has 0 saturated carbocycles. The standard InChI is InChI=1S/C17H18N4/c1-11-8-12(2)20-17(15(11)9-18)21-7-6-14-13(10-21)4-3-5-16(14)19/h3-5,8H,6-7,10,19H2,1-2H3. The number of nitrogens with two attached hydrogens (primary N) is 1. The molecule has 2 heterocycles. The number of pyridine rings is 1. The Kier molecular flexibility index (Phi) is 3.26. The molecule has 0 bridgehead atoms. The van der Waals surface area contributed by atoms with Gasteiger partial charge in [0.1, 0.15) is 11.9 Å². The summed E-state index contributed by atoms with van der Waals surface area (Å²) < 4.78 is 0. The zero-order chi connectivity index (χ0) is 15.0. The number of benzene rings is 1. The van der Waals surface area contributed by atoms with Crippen LogP contribution in [-0.4, -0.2) is 11.5 Å². The molecule has 0 amide bonds. The predicted octanol–water partition coefficient (Wildman–Crippen LogP) is 2.72. The van der Waals surface area contributed by atoms with Crippen LogP contribution in [0.5, 0.6) is 0 Å². The minimum Gasteiger partial charge on any atom is -0.398 e. The van der Waals surface area contributed by atoms with Crippen molar-refractivity contribution < 1.29 is 0 Å². The molecule has 1 aliphatic rings. The number of fused-ring (bicyclic) bond motifs is 1. The van der Waals surface area contributed by atoms with Crippen molar-refractivity contribution in [1.82, 2.24) is 4.98 Å². The third-order valence-corrected chi connectivity index (χ3v) is 4.04. The number of aryl methyl sites for hydroxylation is 2. The third kappa shape index (κ3) is 2.31. The quantitative estimate of drug-likeness (QED) is 0.814. The molecule has 2 N–H and O–H groups in total. The van der Waals surface area contributed by atoms with Crippen molar-refractivity contribution in [3.63, 3.8) is 0 Å². The lowest BCUT2D eigenvalue weighted by Crippen LogP contribution is -2.32. The summed E-state index contributed by atoms with van der Waals surface area (Å²) in [5.41, 5.74) is 12.0. The summed E-state index contributed by atoms with van der Waals surface area (Å²) in [4.78, 5) is 6.78. The van der Waals surface area contributed by atoms with Crippen LogP contribution in [0.15, 0.2) is 24.3 Å². The van der Waals surface area contributed by atoms with Gasteiger partial charge in [0, 0.05) is 24.5 Å². The molecule has 2 aromatic rings. The maximum absolute atomic E-state index is 9.42. The number of hydrogen-bond acceptors (Lipinski definition) is 4. The Morgan fingerprint density at radius 2 is 2.14 bits per heavy atom. The summed E-state index contributed by atoms with van der Waals surface area (Å²) >= 11 is 0. The fraction of sp³-hybridized carbons (Fsp3) is 0.294. The first kappa shape index (κ1) is 13.4. The Labute approximate surface area is 124 Å². The molecule has 4 heteroatoms. The Bertz CT molecular complexity index is 743. The number of rotatable bonds is 1. The van der Waals surface area contributed by atoms with E-state index in [0.717, 1.165) is 42.3 Å². The van der Waals surface area contributed by atoms with Gasteiger partial charge < -0.3 is 10.6 Å². The monoisotopic (exact) mass is 278 g/mol. The molecule has 0 saturated heterocycles. The molecule has 106 valence electrons. The molecular formula is C17H18N4. The van der Waals surface area contributed by atoms with E-state index in [2.05, 4.69) is 22.0 Å². The molecule has 1 aliphatic heterocycles. The summed E-state index contributed by atoms with van der Waals surface area (Å²) in [7, 11) is 0. The molecule has 1 aromatic carbocycles. The van der Waals surface area contributed by atoms with Gasteiger partial charge in [-0.05, 0) is 49.1 Å². The van der Waals surface area contributed by atoms with Crippen molar-refractivity contribution in [3.05, 3.63) is 52.2 Å². The van der Waals surface area contributed by atoms with Gasteiger partial charge in [-0.15, -0.1) is 0 Å². The zero-order valence-electron chi connectivity index (χ0n) is 12.3. The van der Waals surface area contributed by atoms with Crippen molar-refractivity contribution in [3.8, 4) is 6.07 Å². The van der Waals surface area contributed by atoms with Crippen molar-refractivity contribution in [2.24, 2.45) is 0 Å². The fourth-order valence-electron chi connectivity index (χ4n) is 3.00. The van der Waals surface area contributed by atoms with E-state index in [0.29, 0.717) is 5.56 Å². The van der Waals surface area contributed by atoms with Crippen LogP contribution >= 0.6 is 0 Å². The maximum atomic E-state index is 9.42. The molecule has 4 nitrogen and oxygen atoms in total. The van der Waals surface area contributed by atoms with Gasteiger partial charge in [0.05, 0.1) is 5.56 Å². The second-order valence-electron chi connectivity index (χ2n) is 5.55. The molecule has 0 atom stereocenters. The number of nitrogen functional groups attached to an aromatic ring is 1. The molecule has 0 spiro atoms. The van der Waals surface area contributed by atoms with Crippen LogP contribution in [0.25, 0.3) is 0 Å². The highest BCUT2D eigenvalue weighted by molar-refractivity contribution is 5.61. The first-order valence-corrected chi connectivity index (χ1v) is 7.09. The average Bonchev–Trinajstić information content (AvgIpc) is 2.46. The van der Waals surface area contributed by atoms with Crippen LogP contribution in [0.4, 0.5) is 11.5 Å². The van der Waals surface area contributed by atoms with Gasteiger partial charge in [0.2, 0.25) is 0 Å². The first-order chi connectivity index (χ1) is 10.1. The van der Waals surface area contributed by atoms with Crippen molar-refractivity contribution >= 4 is 11.5 Å². The van der Waals surface area contributed by atoms with Crippen LogP contribution in [0, 0.1) is 25.2 Å². The highest BCUT2D eigenvalue weighted by Gasteiger charge is 2.22. The van der Waals surface area contributed by atoms with Crippen molar-refractivity contribution in [2.75, 3.05) is 17.2 Å². The van der Waals surface area contributed by atoms with Crippen LogP contribution in [0.3, 0.4) is 0 Å². The van der Waals surface area contributed by atoms with E-state index in [1.54, 1.807) is 0 Å². The molecule has 1 aromatic heterocycles. The number of aromatic nitrogens is 1. The second kappa shape index (κ2) is 5.10. The van der Waals surface area contributed by atoms with Crippen LogP contribution < -0.4 is 10.6 Å². The number of nitriles is 1. The molecule has 21 heavy (non-hydrogen) atoms. The molecule has 0 radical (unpaired) electrons. The molecule has 3 rings (SSSR count). The predicted molar refractivity (Wildman–Crippen MR) is 84.0 cm³/mol. The number of hydrogen-bond donors (Lipinski definition) is 1. The van der Waals surface area contributed by atoms with Crippen molar-refractivity contribution in [2.45, 2.75) is 26.8 Å². The van der Waals surface area contributed by atoms with Crippen LogP contribution in [0.2, 0.25) is 0 Å². The van der Waals surface area contributed by atoms with Crippen LogP contribution in [0.1, 0.15) is 27.9 Å². The lowest BCUT2D eigenvalue weighted by atomic mass is 9.97. The van der Waals surface area contributed by atoms with Gasteiger partial charge in [-0.2, -0.15) is 5.26 Å². The van der Waals surface area contributed by atoms with E-state index in [1.165, 1.54) is 11.1 Å². The summed E-state index contributed by atoms with van der Waals surface area (Å²) in [6.45, 7) is 5.52. The van der Waals surface area contributed by atoms with Gasteiger partial charge >= 0.3 is 0 Å². The Morgan fingerprint density at radius 1 is 1.33 bits per heavy atom. The maximum Gasteiger partial charge on any atom is 0.147 e.